The Hall–Kier alpha value is 0.0800. The molecule has 0 aliphatic heterocycles. The van der Waals surface area contributed by atoms with Gasteiger partial charge in [-0.3, -0.25) is 4.79 Å². The Morgan fingerprint density at radius 3 is 2.69 bits per heavy atom. The summed E-state index contributed by atoms with van der Waals surface area (Å²) in [7, 11) is 0. The van der Waals surface area contributed by atoms with Crippen molar-refractivity contribution in [2.24, 2.45) is 0 Å². The normalized spacial score (nSPS) is 13.0. The number of hydrogen-bond donors (Lipinski definition) is 1. The average Bonchev–Trinajstić information content (AvgIpc) is 2.04. The molecule has 0 bridgehead atoms. The number of aliphatic hydroxyl groups is 1. The number of carbonyl (C=O) groups excluding carboxylic acids is 1. The minimum Gasteiger partial charge on any atom is -0.463 e. The highest BCUT2D eigenvalue weighted by Crippen LogP contribution is 2.00. The zero-order valence-electron chi connectivity index (χ0n) is 7.40. The summed E-state index contributed by atoms with van der Waals surface area (Å²) in [6, 6.07) is 0. The maximum atomic E-state index is 10.9. The highest BCUT2D eigenvalue weighted by atomic mass is 127. The molecule has 0 saturated carbocycles. The molecule has 1 N–H and O–H groups in total. The van der Waals surface area contributed by atoms with E-state index in [0.29, 0.717) is 5.06 Å². The molecule has 0 aliphatic rings. The molecule has 1 radical (unpaired) electrons. The number of carbonyl (C=O) groups is 1. The fourth-order valence-electron chi connectivity index (χ4n) is 0.586. The van der Waals surface area contributed by atoms with Gasteiger partial charge in [0.05, 0.1) is 19.7 Å². The fourth-order valence-corrected chi connectivity index (χ4v) is 0.766. The molecule has 0 saturated heterocycles. The largest absolute Gasteiger partial charge is 0.463 e. The Morgan fingerprint density at radius 2 is 2.23 bits per heavy atom. The van der Waals surface area contributed by atoms with Gasteiger partial charge in [0, 0.05) is 0 Å². The highest BCUT2D eigenvalue weighted by molar-refractivity contribution is 14.1. The molecule has 0 heterocycles. The second-order valence-corrected chi connectivity index (χ2v) is 4.30. The summed E-state index contributed by atoms with van der Waals surface area (Å²) in [5.74, 6) is -0.321. The van der Waals surface area contributed by atoms with Gasteiger partial charge in [-0.2, -0.15) is 0 Å². The molecule has 0 aromatic heterocycles. The number of rotatable bonds is 6. The predicted octanol–water partition coefficient (Wildman–Crippen LogP) is -0.00710. The van der Waals surface area contributed by atoms with Gasteiger partial charge in [-0.1, -0.05) is 22.6 Å². The molecule has 0 rings (SSSR count). The van der Waals surface area contributed by atoms with Crippen molar-refractivity contribution in [3.8, 4) is 0 Å². The molecule has 1 atom stereocenters. The second-order valence-electron chi connectivity index (χ2n) is 2.44. The molecule has 0 fully saturated rings. The number of hydroxylamine groups is 2. The topological polar surface area (TPSA) is 69.7 Å². The van der Waals surface area contributed by atoms with Crippen molar-refractivity contribution in [1.82, 2.24) is 5.06 Å². The van der Waals surface area contributed by atoms with Crippen LogP contribution in [0.15, 0.2) is 0 Å². The first kappa shape index (κ1) is 13.1. The third kappa shape index (κ3) is 7.17. The zero-order chi connectivity index (χ0) is 10.3. The van der Waals surface area contributed by atoms with Gasteiger partial charge in [0.2, 0.25) is 0 Å². The second kappa shape index (κ2) is 7.48. The summed E-state index contributed by atoms with van der Waals surface area (Å²) in [5.41, 5.74) is 0. The van der Waals surface area contributed by atoms with Gasteiger partial charge in [0.1, 0.15) is 10.5 Å². The number of nitrogens with zero attached hydrogens (tertiary/aromatic N) is 1. The van der Waals surface area contributed by atoms with Crippen molar-refractivity contribution in [2.75, 3.05) is 26.3 Å². The smallest absolute Gasteiger partial charge is 0.318 e. The van der Waals surface area contributed by atoms with E-state index in [0.717, 1.165) is 0 Å². The van der Waals surface area contributed by atoms with Gasteiger partial charge in [0.15, 0.2) is 0 Å². The van der Waals surface area contributed by atoms with Crippen molar-refractivity contribution in [3.05, 3.63) is 0 Å². The quantitative estimate of drug-likeness (QED) is 0.324. The average molecular weight is 302 g/mol. The van der Waals surface area contributed by atoms with E-state index in [2.05, 4.69) is 0 Å². The number of esters is 1. The van der Waals surface area contributed by atoms with Gasteiger partial charge in [-0.15, -0.1) is 10.3 Å². The van der Waals surface area contributed by atoms with Crippen LogP contribution >= 0.6 is 22.6 Å². The van der Waals surface area contributed by atoms with Crippen LogP contribution in [0.4, 0.5) is 0 Å². The lowest BCUT2D eigenvalue weighted by Gasteiger charge is -2.10. The first-order chi connectivity index (χ1) is 6.07. The highest BCUT2D eigenvalue weighted by Gasteiger charge is 2.10. The Balaban J connectivity index is 3.39. The summed E-state index contributed by atoms with van der Waals surface area (Å²) in [6.07, 6.45) is 0. The van der Waals surface area contributed by atoms with Crippen molar-refractivity contribution >= 4 is 28.6 Å². The maximum absolute atomic E-state index is 10.9. The number of alkyl halides is 1. The van der Waals surface area contributed by atoms with E-state index in [4.69, 9.17) is 9.84 Å². The molecule has 1 unspecified atom stereocenters. The Kier molecular flexibility index (Phi) is 7.53. The van der Waals surface area contributed by atoms with Crippen molar-refractivity contribution in [2.45, 2.75) is 10.8 Å². The molecule has 77 valence electrons. The van der Waals surface area contributed by atoms with Crippen LogP contribution < -0.4 is 0 Å². The van der Waals surface area contributed by atoms with Gasteiger partial charge >= 0.3 is 5.97 Å². The Morgan fingerprint density at radius 1 is 1.62 bits per heavy atom. The maximum Gasteiger partial charge on any atom is 0.318 e. The molecule has 0 aromatic carbocycles. The molecule has 0 aromatic rings. The number of hydrogen-bond acceptors (Lipinski definition) is 4. The summed E-state index contributed by atoms with van der Waals surface area (Å²) < 4.78 is 4.55. The van der Waals surface area contributed by atoms with Gasteiger partial charge < -0.3 is 9.84 Å². The molecule has 0 spiro atoms. The van der Waals surface area contributed by atoms with E-state index in [1.54, 1.807) is 6.92 Å². The van der Waals surface area contributed by atoms with Crippen LogP contribution in [0.3, 0.4) is 0 Å². The molecular weight excluding hydrogens is 289 g/mol. The predicted molar refractivity (Wildman–Crippen MR) is 53.8 cm³/mol. The molecule has 0 aliphatic carbocycles. The van der Waals surface area contributed by atoms with E-state index in [-0.39, 0.29) is 36.2 Å². The first-order valence-corrected chi connectivity index (χ1v) is 5.16. The first-order valence-electron chi connectivity index (χ1n) is 3.91. The molecular formula is C7H13INO4. The third-order valence-corrected chi connectivity index (χ3v) is 1.77. The van der Waals surface area contributed by atoms with Crippen LogP contribution in [0, 0.1) is 0 Å². The van der Waals surface area contributed by atoms with Crippen LogP contribution in [-0.4, -0.2) is 46.4 Å². The summed E-state index contributed by atoms with van der Waals surface area (Å²) in [4.78, 5) is 10.9. The molecule has 0 amide bonds. The van der Waals surface area contributed by atoms with Crippen LogP contribution in [0.25, 0.3) is 0 Å². The molecule has 6 heteroatoms. The van der Waals surface area contributed by atoms with Crippen LogP contribution in [-0.2, 0) is 14.7 Å². The monoisotopic (exact) mass is 302 g/mol. The van der Waals surface area contributed by atoms with E-state index in [1.165, 1.54) is 0 Å². The van der Waals surface area contributed by atoms with Gasteiger partial charge in [0.25, 0.3) is 0 Å². The minimum absolute atomic E-state index is 0.0529. The lowest BCUT2D eigenvalue weighted by Crippen LogP contribution is -2.27. The number of ether oxygens (including phenoxy) is 1. The van der Waals surface area contributed by atoms with E-state index in [9.17, 15) is 10.0 Å². The lowest BCUT2D eigenvalue weighted by molar-refractivity contribution is -0.173. The van der Waals surface area contributed by atoms with E-state index in [1.807, 2.05) is 22.6 Å². The summed E-state index contributed by atoms with van der Waals surface area (Å²) in [6.45, 7) is 1.77. The number of halogens is 1. The van der Waals surface area contributed by atoms with Gasteiger partial charge in [-0.25, -0.2) is 0 Å². The van der Waals surface area contributed by atoms with E-state index >= 15 is 0 Å². The molecule has 5 nitrogen and oxygen atoms in total. The Labute approximate surface area is 90.8 Å². The number of aliphatic hydroxyl groups excluding tert-OH is 1. The van der Waals surface area contributed by atoms with E-state index < -0.39 is 0 Å². The van der Waals surface area contributed by atoms with Crippen molar-refractivity contribution in [3.63, 3.8) is 0 Å². The fraction of sp³-hybridized carbons (Fsp3) is 0.857. The van der Waals surface area contributed by atoms with Crippen molar-refractivity contribution < 1.29 is 19.8 Å². The summed E-state index contributed by atoms with van der Waals surface area (Å²) >= 11 is 1.94. The summed E-state index contributed by atoms with van der Waals surface area (Å²) in [5, 5.41) is 19.8. The minimum atomic E-state index is -0.321. The van der Waals surface area contributed by atoms with Crippen LogP contribution in [0.5, 0.6) is 0 Å². The lowest BCUT2D eigenvalue weighted by atomic mass is 10.5. The zero-order valence-corrected chi connectivity index (χ0v) is 9.56. The molecule has 13 heavy (non-hydrogen) atoms. The van der Waals surface area contributed by atoms with Crippen molar-refractivity contribution in [1.29, 1.82) is 0 Å². The van der Waals surface area contributed by atoms with Crippen LogP contribution in [0.2, 0.25) is 0 Å². The Bertz CT molecular complexity index is 153. The van der Waals surface area contributed by atoms with Crippen LogP contribution in [0.1, 0.15) is 6.92 Å². The third-order valence-electron chi connectivity index (χ3n) is 1.26. The standard InChI is InChI=1S/C7H13INO4/c1-6(8)7(11)13-5-3-9(12)2-4-10/h6,10H,2-5H2,1H3. The van der Waals surface area contributed by atoms with Gasteiger partial charge in [-0.05, 0) is 6.92 Å². The SMILES string of the molecule is CC(I)C(=O)OCCN([O])CCO.